The first kappa shape index (κ1) is 13.4. The molecule has 0 unspecified atom stereocenters. The fourth-order valence-electron chi connectivity index (χ4n) is 1.62. The van der Waals surface area contributed by atoms with Crippen molar-refractivity contribution in [3.63, 3.8) is 0 Å². The molecule has 1 heterocycles. The second kappa shape index (κ2) is 4.91. The van der Waals surface area contributed by atoms with Crippen molar-refractivity contribution in [1.29, 1.82) is 0 Å². The number of anilines is 1. The number of aromatic carboxylic acids is 1. The van der Waals surface area contributed by atoms with Crippen molar-refractivity contribution in [2.75, 3.05) is 5.73 Å². The molecule has 94 valence electrons. The molecular weight excluding hydrogens is 338 g/mol. The molecule has 0 aliphatic heterocycles. The van der Waals surface area contributed by atoms with E-state index in [0.29, 0.717) is 10.7 Å². The predicted octanol–water partition coefficient (Wildman–Crippen LogP) is 4.42. The highest BCUT2D eigenvalue weighted by molar-refractivity contribution is 9.10. The Kier molecular flexibility index (Phi) is 3.66. The van der Waals surface area contributed by atoms with Crippen molar-refractivity contribution in [3.8, 4) is 10.4 Å². The maximum atomic E-state index is 11.0. The first-order valence-corrected chi connectivity index (χ1v) is 6.98. The van der Waals surface area contributed by atoms with Crippen LogP contribution in [0.15, 0.2) is 22.7 Å². The summed E-state index contributed by atoms with van der Waals surface area (Å²) in [6, 6.07) is 5.47. The van der Waals surface area contributed by atoms with Crippen LogP contribution in [0.2, 0.25) is 5.02 Å². The van der Waals surface area contributed by atoms with E-state index in [9.17, 15) is 4.79 Å². The molecule has 0 aliphatic carbocycles. The van der Waals surface area contributed by atoms with Gasteiger partial charge in [-0.05, 0) is 24.6 Å². The van der Waals surface area contributed by atoms with Gasteiger partial charge in [-0.3, -0.25) is 0 Å². The Morgan fingerprint density at radius 3 is 2.67 bits per heavy atom. The largest absolute Gasteiger partial charge is 0.477 e. The van der Waals surface area contributed by atoms with Crippen molar-refractivity contribution in [2.24, 2.45) is 0 Å². The average molecular weight is 347 g/mol. The van der Waals surface area contributed by atoms with Crippen LogP contribution in [0.3, 0.4) is 0 Å². The number of carboxylic acid groups (broad SMARTS) is 1. The number of carbonyl (C=O) groups is 1. The van der Waals surface area contributed by atoms with Crippen molar-refractivity contribution in [3.05, 3.63) is 38.1 Å². The van der Waals surface area contributed by atoms with Crippen LogP contribution in [0.5, 0.6) is 0 Å². The average Bonchev–Trinajstić information content (AvgIpc) is 2.57. The molecule has 1 aromatic heterocycles. The quantitative estimate of drug-likeness (QED) is 0.846. The molecule has 0 spiro atoms. The van der Waals surface area contributed by atoms with Gasteiger partial charge in [0.25, 0.3) is 0 Å². The van der Waals surface area contributed by atoms with E-state index in [4.69, 9.17) is 22.4 Å². The second-order valence-corrected chi connectivity index (χ2v) is 6.07. The highest BCUT2D eigenvalue weighted by atomic mass is 79.9. The minimum atomic E-state index is -1.01. The molecule has 18 heavy (non-hydrogen) atoms. The van der Waals surface area contributed by atoms with Gasteiger partial charge in [-0.2, -0.15) is 0 Å². The summed E-state index contributed by atoms with van der Waals surface area (Å²) in [5.74, 6) is -1.01. The zero-order valence-corrected chi connectivity index (χ0v) is 12.5. The van der Waals surface area contributed by atoms with Crippen LogP contribution in [-0.4, -0.2) is 11.1 Å². The highest BCUT2D eigenvalue weighted by Gasteiger charge is 2.19. The predicted molar refractivity (Wildman–Crippen MR) is 78.6 cm³/mol. The first-order chi connectivity index (χ1) is 8.41. The number of nitrogens with two attached hydrogens (primary N) is 1. The molecule has 0 fully saturated rings. The molecule has 0 saturated heterocycles. The van der Waals surface area contributed by atoms with Crippen molar-refractivity contribution >= 4 is 50.5 Å². The topological polar surface area (TPSA) is 63.3 Å². The summed E-state index contributed by atoms with van der Waals surface area (Å²) in [5.41, 5.74) is 7.65. The molecule has 3 nitrogen and oxygen atoms in total. The molecule has 1 aromatic carbocycles. The van der Waals surface area contributed by atoms with Crippen LogP contribution in [0, 0.1) is 6.92 Å². The van der Waals surface area contributed by atoms with Crippen LogP contribution in [0.1, 0.15) is 15.2 Å². The third-order valence-electron chi connectivity index (χ3n) is 2.56. The Hall–Kier alpha value is -1.04. The molecule has 2 rings (SSSR count). The Labute approximate surface area is 121 Å². The van der Waals surface area contributed by atoms with Crippen LogP contribution in [0.4, 0.5) is 5.69 Å². The van der Waals surface area contributed by atoms with Gasteiger partial charge in [-0.1, -0.05) is 33.6 Å². The smallest absolute Gasteiger partial charge is 0.348 e. The number of hydrogen-bond acceptors (Lipinski definition) is 3. The zero-order valence-electron chi connectivity index (χ0n) is 9.33. The van der Waals surface area contributed by atoms with E-state index >= 15 is 0 Å². The SMILES string of the molecule is Cc1c(-c2ccc(Br)cc2Cl)sc(C(=O)O)c1N. The number of halogens is 2. The third-order valence-corrected chi connectivity index (χ3v) is 4.70. The molecule has 0 bridgehead atoms. The number of thiophene rings is 1. The molecule has 0 aliphatic rings. The van der Waals surface area contributed by atoms with Crippen LogP contribution < -0.4 is 5.73 Å². The lowest BCUT2D eigenvalue weighted by molar-refractivity contribution is 0.0703. The molecule has 0 saturated carbocycles. The molecule has 0 radical (unpaired) electrons. The number of rotatable bonds is 2. The molecule has 6 heteroatoms. The Bertz CT molecular complexity index is 639. The second-order valence-electron chi connectivity index (χ2n) is 3.73. The third kappa shape index (κ3) is 2.25. The van der Waals surface area contributed by atoms with Crippen molar-refractivity contribution < 1.29 is 9.90 Å². The molecule has 0 atom stereocenters. The summed E-state index contributed by atoms with van der Waals surface area (Å²) in [5, 5.41) is 9.61. The van der Waals surface area contributed by atoms with E-state index in [-0.39, 0.29) is 4.88 Å². The van der Waals surface area contributed by atoms with Gasteiger partial charge in [-0.15, -0.1) is 11.3 Å². The van der Waals surface area contributed by atoms with Gasteiger partial charge < -0.3 is 10.8 Å². The van der Waals surface area contributed by atoms with E-state index in [1.807, 2.05) is 12.1 Å². The summed E-state index contributed by atoms with van der Waals surface area (Å²) < 4.78 is 0.872. The number of hydrogen-bond donors (Lipinski definition) is 2. The number of carboxylic acids is 1. The Balaban J connectivity index is 2.64. The molecule has 3 N–H and O–H groups in total. The number of nitrogen functional groups attached to an aromatic ring is 1. The van der Waals surface area contributed by atoms with Gasteiger partial charge in [0.1, 0.15) is 4.88 Å². The van der Waals surface area contributed by atoms with Gasteiger partial charge in [0.05, 0.1) is 10.7 Å². The van der Waals surface area contributed by atoms with E-state index < -0.39 is 5.97 Å². The van der Waals surface area contributed by atoms with E-state index in [0.717, 1.165) is 31.8 Å². The molecule has 2 aromatic rings. The standard InChI is InChI=1S/C12H9BrClNO2S/c1-5-9(15)11(12(16)17)18-10(5)7-3-2-6(13)4-8(7)14/h2-4H,15H2,1H3,(H,16,17). The fourth-order valence-corrected chi connectivity index (χ4v) is 3.55. The summed E-state index contributed by atoms with van der Waals surface area (Å²) in [6.45, 7) is 1.80. The van der Waals surface area contributed by atoms with Crippen molar-refractivity contribution in [2.45, 2.75) is 6.92 Å². The maximum Gasteiger partial charge on any atom is 0.348 e. The summed E-state index contributed by atoms with van der Waals surface area (Å²) >= 11 is 10.6. The van der Waals surface area contributed by atoms with Crippen LogP contribution in [0.25, 0.3) is 10.4 Å². The van der Waals surface area contributed by atoms with E-state index in [2.05, 4.69) is 15.9 Å². The lowest BCUT2D eigenvalue weighted by Crippen LogP contribution is -1.97. The molecular formula is C12H9BrClNO2S. The van der Waals surface area contributed by atoms with Gasteiger partial charge in [0.2, 0.25) is 0 Å². The maximum absolute atomic E-state index is 11.0. The van der Waals surface area contributed by atoms with Crippen LogP contribution in [-0.2, 0) is 0 Å². The van der Waals surface area contributed by atoms with Gasteiger partial charge in [0, 0.05) is 14.9 Å². The van der Waals surface area contributed by atoms with Crippen LogP contribution >= 0.6 is 38.9 Å². The number of benzene rings is 1. The normalized spacial score (nSPS) is 10.6. The zero-order chi connectivity index (χ0) is 13.4. The fraction of sp³-hybridized carbons (Fsp3) is 0.0833. The first-order valence-electron chi connectivity index (χ1n) is 4.99. The summed E-state index contributed by atoms with van der Waals surface area (Å²) in [7, 11) is 0. The highest BCUT2D eigenvalue weighted by Crippen LogP contribution is 2.41. The minimum absolute atomic E-state index is 0.154. The monoisotopic (exact) mass is 345 g/mol. The summed E-state index contributed by atoms with van der Waals surface area (Å²) in [6.07, 6.45) is 0. The van der Waals surface area contributed by atoms with Gasteiger partial charge in [-0.25, -0.2) is 4.79 Å². The Morgan fingerprint density at radius 1 is 1.50 bits per heavy atom. The lowest BCUT2D eigenvalue weighted by atomic mass is 10.1. The summed E-state index contributed by atoms with van der Waals surface area (Å²) in [4.78, 5) is 12.0. The van der Waals surface area contributed by atoms with E-state index in [1.165, 1.54) is 0 Å². The van der Waals surface area contributed by atoms with Gasteiger partial charge in [0.15, 0.2) is 0 Å². The van der Waals surface area contributed by atoms with Crippen molar-refractivity contribution in [1.82, 2.24) is 0 Å². The Morgan fingerprint density at radius 2 is 2.17 bits per heavy atom. The molecule has 0 amide bonds. The van der Waals surface area contributed by atoms with E-state index in [1.54, 1.807) is 13.0 Å². The minimum Gasteiger partial charge on any atom is -0.477 e. The lowest BCUT2D eigenvalue weighted by Gasteiger charge is -2.03. The van der Waals surface area contributed by atoms with Gasteiger partial charge >= 0.3 is 5.97 Å².